The summed E-state index contributed by atoms with van der Waals surface area (Å²) in [5, 5.41) is 10.9. The Morgan fingerprint density at radius 1 is 1.11 bits per heavy atom. The molecule has 1 aromatic carbocycles. The number of nitrogens with zero attached hydrogens (tertiary/aromatic N) is 1. The number of aromatic nitrogens is 1. The maximum absolute atomic E-state index is 10.3. The largest absolute Gasteiger partial charge is 0.382 e. The molecule has 1 unspecified atom stereocenters. The molecule has 19 heavy (non-hydrogen) atoms. The van der Waals surface area contributed by atoms with Crippen LogP contribution in [0.5, 0.6) is 0 Å². The lowest BCUT2D eigenvalue weighted by atomic mass is 9.80. The second-order valence-electron chi connectivity index (χ2n) is 5.10. The van der Waals surface area contributed by atoms with Gasteiger partial charge in [-0.25, -0.2) is 0 Å². The SMILES string of the molecule is OC(c1ccc(C2CCC2)cc1)c1ccc(Cl)cn1. The first kappa shape index (κ1) is 12.6. The van der Waals surface area contributed by atoms with Gasteiger partial charge in [0, 0.05) is 6.20 Å². The van der Waals surface area contributed by atoms with E-state index in [-0.39, 0.29) is 0 Å². The van der Waals surface area contributed by atoms with Gasteiger partial charge in [0.2, 0.25) is 0 Å². The summed E-state index contributed by atoms with van der Waals surface area (Å²) in [6.07, 6.45) is 4.79. The van der Waals surface area contributed by atoms with Crippen molar-refractivity contribution in [1.29, 1.82) is 0 Å². The molecule has 0 bridgehead atoms. The van der Waals surface area contributed by atoms with Gasteiger partial charge in [-0.05, 0) is 42.0 Å². The predicted molar refractivity (Wildman–Crippen MR) is 76.3 cm³/mol. The Kier molecular flexibility index (Phi) is 3.54. The molecular formula is C16H16ClNO. The third-order valence-corrected chi connectivity index (χ3v) is 4.08. The van der Waals surface area contributed by atoms with Crippen molar-refractivity contribution in [2.45, 2.75) is 31.3 Å². The Morgan fingerprint density at radius 2 is 1.84 bits per heavy atom. The molecule has 0 aliphatic heterocycles. The van der Waals surface area contributed by atoms with E-state index in [0.717, 1.165) is 11.5 Å². The van der Waals surface area contributed by atoms with Crippen molar-refractivity contribution in [3.8, 4) is 0 Å². The maximum atomic E-state index is 10.3. The number of rotatable bonds is 3. The molecule has 1 atom stereocenters. The molecule has 1 aromatic heterocycles. The first-order chi connectivity index (χ1) is 9.24. The summed E-state index contributed by atoms with van der Waals surface area (Å²) in [6, 6.07) is 11.7. The zero-order valence-corrected chi connectivity index (χ0v) is 11.3. The number of aliphatic hydroxyl groups excluding tert-OH is 1. The highest BCUT2D eigenvalue weighted by molar-refractivity contribution is 6.30. The Morgan fingerprint density at radius 3 is 2.37 bits per heavy atom. The van der Waals surface area contributed by atoms with Gasteiger partial charge in [0.05, 0.1) is 10.7 Å². The molecule has 0 radical (unpaired) electrons. The minimum atomic E-state index is -0.687. The fourth-order valence-electron chi connectivity index (χ4n) is 2.41. The van der Waals surface area contributed by atoms with E-state index in [1.807, 2.05) is 12.1 Å². The van der Waals surface area contributed by atoms with E-state index in [2.05, 4.69) is 17.1 Å². The van der Waals surface area contributed by atoms with E-state index >= 15 is 0 Å². The zero-order chi connectivity index (χ0) is 13.2. The summed E-state index contributed by atoms with van der Waals surface area (Å²) in [7, 11) is 0. The van der Waals surface area contributed by atoms with Gasteiger partial charge in [-0.15, -0.1) is 0 Å². The lowest BCUT2D eigenvalue weighted by Gasteiger charge is -2.26. The van der Waals surface area contributed by atoms with Crippen molar-refractivity contribution in [3.63, 3.8) is 0 Å². The van der Waals surface area contributed by atoms with Crippen LogP contribution in [-0.4, -0.2) is 10.1 Å². The van der Waals surface area contributed by atoms with Gasteiger partial charge in [-0.1, -0.05) is 42.3 Å². The second kappa shape index (κ2) is 5.32. The smallest absolute Gasteiger partial charge is 0.121 e. The van der Waals surface area contributed by atoms with Gasteiger partial charge in [0.1, 0.15) is 6.10 Å². The van der Waals surface area contributed by atoms with E-state index in [9.17, 15) is 5.11 Å². The van der Waals surface area contributed by atoms with Gasteiger partial charge in [0.15, 0.2) is 0 Å². The van der Waals surface area contributed by atoms with Crippen molar-refractivity contribution in [3.05, 3.63) is 64.4 Å². The summed E-state index contributed by atoms with van der Waals surface area (Å²) >= 11 is 5.80. The monoisotopic (exact) mass is 273 g/mol. The molecule has 1 aliphatic rings. The van der Waals surface area contributed by atoms with Crippen LogP contribution in [0, 0.1) is 0 Å². The predicted octanol–water partition coefficient (Wildman–Crippen LogP) is 4.08. The standard InChI is InChI=1S/C16H16ClNO/c17-14-8-9-15(18-10-14)16(19)13-6-4-12(5-7-13)11-2-1-3-11/h4-11,16,19H,1-3H2. The number of pyridine rings is 1. The van der Waals surface area contributed by atoms with Crippen LogP contribution in [0.2, 0.25) is 5.02 Å². The summed E-state index contributed by atoms with van der Waals surface area (Å²) in [4.78, 5) is 4.16. The van der Waals surface area contributed by atoms with Crippen LogP contribution in [0.4, 0.5) is 0 Å². The molecule has 98 valence electrons. The van der Waals surface area contributed by atoms with Crippen LogP contribution < -0.4 is 0 Å². The topological polar surface area (TPSA) is 33.1 Å². The first-order valence-electron chi connectivity index (χ1n) is 6.63. The average Bonchev–Trinajstić information content (AvgIpc) is 2.38. The number of aliphatic hydroxyl groups is 1. The van der Waals surface area contributed by atoms with E-state index in [0.29, 0.717) is 10.7 Å². The molecule has 1 N–H and O–H groups in total. The molecule has 1 saturated carbocycles. The fraction of sp³-hybridized carbons (Fsp3) is 0.312. The molecule has 2 nitrogen and oxygen atoms in total. The van der Waals surface area contributed by atoms with Crippen molar-refractivity contribution < 1.29 is 5.11 Å². The fourth-order valence-corrected chi connectivity index (χ4v) is 2.52. The van der Waals surface area contributed by atoms with Crippen molar-refractivity contribution >= 4 is 11.6 Å². The molecular weight excluding hydrogens is 258 g/mol. The lowest BCUT2D eigenvalue weighted by molar-refractivity contribution is 0.215. The molecule has 0 saturated heterocycles. The number of hydrogen-bond acceptors (Lipinski definition) is 2. The second-order valence-corrected chi connectivity index (χ2v) is 5.53. The minimum Gasteiger partial charge on any atom is -0.382 e. The molecule has 0 spiro atoms. The Labute approximate surface area is 118 Å². The Balaban J connectivity index is 1.79. The molecule has 1 fully saturated rings. The van der Waals surface area contributed by atoms with E-state index in [1.54, 1.807) is 18.3 Å². The lowest BCUT2D eigenvalue weighted by Crippen LogP contribution is -2.09. The molecule has 1 heterocycles. The number of benzene rings is 1. The van der Waals surface area contributed by atoms with Gasteiger partial charge in [-0.3, -0.25) is 4.98 Å². The van der Waals surface area contributed by atoms with Crippen molar-refractivity contribution in [2.75, 3.05) is 0 Å². The summed E-state index contributed by atoms with van der Waals surface area (Å²) < 4.78 is 0. The van der Waals surface area contributed by atoms with E-state index in [1.165, 1.54) is 24.8 Å². The highest BCUT2D eigenvalue weighted by Crippen LogP contribution is 2.36. The normalized spacial score (nSPS) is 16.9. The summed E-state index contributed by atoms with van der Waals surface area (Å²) in [6.45, 7) is 0. The Bertz CT molecular complexity index is 546. The van der Waals surface area contributed by atoms with Gasteiger partial charge in [-0.2, -0.15) is 0 Å². The van der Waals surface area contributed by atoms with Gasteiger partial charge in [0.25, 0.3) is 0 Å². The van der Waals surface area contributed by atoms with Crippen LogP contribution in [0.1, 0.15) is 48.1 Å². The van der Waals surface area contributed by atoms with Crippen LogP contribution >= 0.6 is 11.6 Å². The van der Waals surface area contributed by atoms with Crippen LogP contribution in [-0.2, 0) is 0 Å². The van der Waals surface area contributed by atoms with Crippen molar-refractivity contribution in [1.82, 2.24) is 4.98 Å². The van der Waals surface area contributed by atoms with Crippen LogP contribution in [0.3, 0.4) is 0 Å². The van der Waals surface area contributed by atoms with Gasteiger partial charge < -0.3 is 5.11 Å². The number of halogens is 1. The van der Waals surface area contributed by atoms with Gasteiger partial charge >= 0.3 is 0 Å². The first-order valence-corrected chi connectivity index (χ1v) is 7.01. The zero-order valence-electron chi connectivity index (χ0n) is 10.6. The average molecular weight is 274 g/mol. The summed E-state index contributed by atoms with van der Waals surface area (Å²) in [5.74, 6) is 0.722. The van der Waals surface area contributed by atoms with Crippen LogP contribution in [0.25, 0.3) is 0 Å². The highest BCUT2D eigenvalue weighted by Gasteiger charge is 2.19. The highest BCUT2D eigenvalue weighted by atomic mass is 35.5. The number of hydrogen-bond donors (Lipinski definition) is 1. The van der Waals surface area contributed by atoms with E-state index < -0.39 is 6.10 Å². The third-order valence-electron chi connectivity index (χ3n) is 3.86. The summed E-state index contributed by atoms with van der Waals surface area (Å²) in [5.41, 5.74) is 2.88. The molecule has 1 aliphatic carbocycles. The maximum Gasteiger partial charge on any atom is 0.121 e. The van der Waals surface area contributed by atoms with Crippen molar-refractivity contribution in [2.24, 2.45) is 0 Å². The quantitative estimate of drug-likeness (QED) is 0.914. The minimum absolute atomic E-state index is 0.580. The molecule has 0 amide bonds. The Hall–Kier alpha value is -1.38. The van der Waals surface area contributed by atoms with E-state index in [4.69, 9.17) is 11.6 Å². The molecule has 2 aromatic rings. The molecule has 3 rings (SSSR count). The molecule has 3 heteroatoms. The third kappa shape index (κ3) is 2.65. The van der Waals surface area contributed by atoms with Crippen LogP contribution in [0.15, 0.2) is 42.6 Å².